The van der Waals surface area contributed by atoms with Crippen molar-refractivity contribution in [2.45, 2.75) is 31.6 Å². The second-order valence-electron chi connectivity index (χ2n) is 18.9. The molecule has 1 unspecified atom stereocenters. The standard InChI is InChI=1S/C65H62N4O10/c1-45(2)61(70)76-36-38-78-63(72)50(43-66)40-47-16-24-54(25-17-47)68(5)32-34-74-56-28-20-52(21-29-56)65(42-59(49-12-8-7-9-13-49)58-14-10-11-15-60(58)65)53-22-30-57(31-23-53)75-35-33-69(6)55-26-18-48(19-27-55)41-51(44-67)64(73)79-39-37-77-62(71)46(3)4/h7-31,40-41,59H,1,3,32-39,42H2,2,4-6H3. The van der Waals surface area contributed by atoms with Crippen LogP contribution in [0.1, 0.15) is 65.1 Å². The minimum atomic E-state index is -0.812. The molecule has 1 atom stereocenters. The highest BCUT2D eigenvalue weighted by Gasteiger charge is 2.46. The van der Waals surface area contributed by atoms with Gasteiger partial charge in [-0.05, 0) is 120 Å². The van der Waals surface area contributed by atoms with Crippen molar-refractivity contribution < 1.29 is 47.6 Å². The van der Waals surface area contributed by atoms with Gasteiger partial charge in [0, 0.05) is 47.9 Å². The van der Waals surface area contributed by atoms with E-state index >= 15 is 0 Å². The molecule has 79 heavy (non-hydrogen) atoms. The first-order valence-corrected chi connectivity index (χ1v) is 25.7. The van der Waals surface area contributed by atoms with Crippen molar-refractivity contribution in [3.63, 3.8) is 0 Å². The molecule has 7 rings (SSSR count). The largest absolute Gasteiger partial charge is 0.492 e. The minimum absolute atomic E-state index is 0.144. The van der Waals surface area contributed by atoms with E-state index in [0.717, 1.165) is 40.4 Å². The van der Waals surface area contributed by atoms with Gasteiger partial charge in [0.25, 0.3) is 0 Å². The van der Waals surface area contributed by atoms with Crippen molar-refractivity contribution in [2.75, 3.05) is 76.6 Å². The van der Waals surface area contributed by atoms with Crippen LogP contribution in [0, 0.1) is 22.7 Å². The third kappa shape index (κ3) is 14.8. The lowest BCUT2D eigenvalue weighted by Crippen LogP contribution is -2.27. The first kappa shape index (κ1) is 57.1. The molecule has 0 fully saturated rings. The summed E-state index contributed by atoms with van der Waals surface area (Å²) in [6.07, 6.45) is 3.72. The van der Waals surface area contributed by atoms with Crippen molar-refractivity contribution in [2.24, 2.45) is 0 Å². The molecular weight excluding hydrogens is 997 g/mol. The van der Waals surface area contributed by atoms with Crippen molar-refractivity contribution >= 4 is 47.4 Å². The quantitative estimate of drug-likeness (QED) is 0.0174. The summed E-state index contributed by atoms with van der Waals surface area (Å²) in [5.41, 5.74) is 8.85. The molecule has 0 amide bonds. The summed E-state index contributed by atoms with van der Waals surface area (Å²) < 4.78 is 32.7. The lowest BCUT2D eigenvalue weighted by molar-refractivity contribution is -0.147. The lowest BCUT2D eigenvalue weighted by Gasteiger charge is -2.33. The molecule has 6 aromatic rings. The van der Waals surface area contributed by atoms with Crippen molar-refractivity contribution in [3.8, 4) is 23.6 Å². The molecule has 14 heteroatoms. The van der Waals surface area contributed by atoms with E-state index in [1.54, 1.807) is 0 Å². The Balaban J connectivity index is 0.974. The summed E-state index contributed by atoms with van der Waals surface area (Å²) in [7, 11) is 3.93. The van der Waals surface area contributed by atoms with E-state index in [1.165, 1.54) is 42.7 Å². The van der Waals surface area contributed by atoms with Gasteiger partial charge in [0.15, 0.2) is 0 Å². The Hall–Kier alpha value is -9.66. The number of carbonyl (C=O) groups excluding carboxylic acids is 4. The highest BCUT2D eigenvalue weighted by atomic mass is 16.6. The molecule has 0 aromatic heterocycles. The molecule has 0 saturated carbocycles. The number of nitriles is 2. The number of benzene rings is 6. The Morgan fingerprint density at radius 3 is 1.33 bits per heavy atom. The topological polar surface area (TPSA) is 178 Å². The normalized spacial score (nSPS) is 14.5. The predicted octanol–water partition coefficient (Wildman–Crippen LogP) is 10.7. The Morgan fingerprint density at radius 1 is 0.532 bits per heavy atom. The highest BCUT2D eigenvalue weighted by molar-refractivity contribution is 5.98. The van der Waals surface area contributed by atoms with Crippen molar-refractivity contribution in [1.82, 2.24) is 0 Å². The first-order valence-electron chi connectivity index (χ1n) is 25.7. The van der Waals surface area contributed by atoms with E-state index in [9.17, 15) is 29.7 Å². The van der Waals surface area contributed by atoms with Gasteiger partial charge in [-0.1, -0.05) is 116 Å². The molecule has 1 aliphatic rings. The molecule has 0 radical (unpaired) electrons. The predicted molar refractivity (Wildman–Crippen MR) is 303 cm³/mol. The molecule has 402 valence electrons. The second kappa shape index (κ2) is 27.4. The fourth-order valence-corrected chi connectivity index (χ4v) is 9.14. The number of rotatable bonds is 25. The van der Waals surface area contributed by atoms with Gasteiger partial charge < -0.3 is 38.2 Å². The van der Waals surface area contributed by atoms with Crippen LogP contribution in [0.25, 0.3) is 12.2 Å². The van der Waals surface area contributed by atoms with Gasteiger partial charge in [-0.25, -0.2) is 19.2 Å². The number of nitrogens with zero attached hydrogens (tertiary/aromatic N) is 4. The fraction of sp³-hybridized carbons (Fsp3) is 0.231. The minimum Gasteiger partial charge on any atom is -0.492 e. The number of hydrogen-bond acceptors (Lipinski definition) is 14. The van der Waals surface area contributed by atoms with Crippen LogP contribution < -0.4 is 19.3 Å². The number of anilines is 2. The molecule has 0 N–H and O–H groups in total. The Bertz CT molecular complexity index is 3110. The van der Waals surface area contributed by atoms with Gasteiger partial charge in [0.05, 0.1) is 13.1 Å². The Labute approximate surface area is 461 Å². The number of ether oxygens (including phenoxy) is 6. The molecule has 1 aliphatic carbocycles. The molecular formula is C65H62N4O10. The molecule has 0 bridgehead atoms. The summed E-state index contributed by atoms with van der Waals surface area (Å²) in [5, 5.41) is 19.2. The van der Waals surface area contributed by atoms with E-state index in [-0.39, 0.29) is 54.6 Å². The maximum absolute atomic E-state index is 12.5. The number of hydrogen-bond donors (Lipinski definition) is 0. The SMILES string of the molecule is C=C(C)C(=O)OCCOC(=O)C(C#N)=Cc1ccc(N(C)CCOc2ccc(C3(c4ccc(OCCN(C)c5ccc(C=C(C#N)C(=O)OCCOC(=O)C(=C)C)cc5)cc4)CC(c4ccccc4)c4ccccc43)cc2)cc1. The molecule has 0 saturated heterocycles. The molecule has 6 aromatic carbocycles. The first-order chi connectivity index (χ1) is 38.2. The second-order valence-corrected chi connectivity index (χ2v) is 18.9. The van der Waals surface area contributed by atoms with Crippen molar-refractivity contribution in [3.05, 3.63) is 226 Å². The van der Waals surface area contributed by atoms with E-state index in [2.05, 4.69) is 95.8 Å². The van der Waals surface area contributed by atoms with E-state index in [1.807, 2.05) is 105 Å². The Kier molecular flexibility index (Phi) is 19.8. The smallest absolute Gasteiger partial charge is 0.349 e. The maximum Gasteiger partial charge on any atom is 0.349 e. The number of likely N-dealkylation sites (N-methyl/N-ethyl adjacent to an activating group) is 2. The van der Waals surface area contributed by atoms with Crippen LogP contribution in [0.4, 0.5) is 11.4 Å². The van der Waals surface area contributed by atoms with Gasteiger partial charge in [-0.2, -0.15) is 10.5 Å². The summed E-state index contributed by atoms with van der Waals surface area (Å²) >= 11 is 0. The molecule has 14 nitrogen and oxygen atoms in total. The maximum atomic E-state index is 12.5. The van der Waals surface area contributed by atoms with Crippen LogP contribution in [0.3, 0.4) is 0 Å². The third-order valence-electron chi connectivity index (χ3n) is 13.4. The van der Waals surface area contributed by atoms with Crippen LogP contribution in [0.5, 0.6) is 11.5 Å². The molecule has 0 aliphatic heterocycles. The van der Waals surface area contributed by atoms with Gasteiger partial charge in [0.2, 0.25) is 0 Å². The molecule has 0 spiro atoms. The summed E-state index contributed by atoms with van der Waals surface area (Å²) in [5.74, 6) is -1.14. The fourth-order valence-electron chi connectivity index (χ4n) is 9.14. The van der Waals surface area contributed by atoms with Crippen LogP contribution in [0.2, 0.25) is 0 Å². The van der Waals surface area contributed by atoms with Crippen LogP contribution in [-0.2, 0) is 43.5 Å². The molecule has 0 heterocycles. The number of carbonyl (C=O) groups is 4. The summed E-state index contributed by atoms with van der Waals surface area (Å²) in [6.45, 7) is 11.4. The average molecular weight is 1060 g/mol. The third-order valence-corrected chi connectivity index (χ3v) is 13.4. The van der Waals surface area contributed by atoms with E-state index < -0.39 is 29.3 Å². The zero-order chi connectivity index (χ0) is 56.3. The van der Waals surface area contributed by atoms with Gasteiger partial charge in [-0.3, -0.25) is 0 Å². The van der Waals surface area contributed by atoms with Crippen LogP contribution in [0.15, 0.2) is 187 Å². The average Bonchev–Trinajstić information content (AvgIpc) is 3.88. The highest BCUT2D eigenvalue weighted by Crippen LogP contribution is 2.56. The zero-order valence-electron chi connectivity index (χ0n) is 44.8. The van der Waals surface area contributed by atoms with Gasteiger partial charge >= 0.3 is 23.9 Å². The van der Waals surface area contributed by atoms with Crippen molar-refractivity contribution in [1.29, 1.82) is 10.5 Å². The van der Waals surface area contributed by atoms with Crippen LogP contribution >= 0.6 is 0 Å². The lowest BCUT2D eigenvalue weighted by atomic mass is 9.69. The number of esters is 4. The van der Waals surface area contributed by atoms with E-state index in [0.29, 0.717) is 37.4 Å². The van der Waals surface area contributed by atoms with Gasteiger partial charge in [0.1, 0.15) is 74.4 Å². The zero-order valence-corrected chi connectivity index (χ0v) is 44.8. The van der Waals surface area contributed by atoms with Gasteiger partial charge in [-0.15, -0.1) is 0 Å². The summed E-state index contributed by atoms with van der Waals surface area (Å²) in [6, 6.07) is 54.9. The van der Waals surface area contributed by atoms with Crippen LogP contribution in [-0.4, -0.2) is 90.7 Å². The number of fused-ring (bicyclic) bond motifs is 1. The summed E-state index contributed by atoms with van der Waals surface area (Å²) in [4.78, 5) is 52.2. The monoisotopic (exact) mass is 1060 g/mol. The van der Waals surface area contributed by atoms with E-state index in [4.69, 9.17) is 28.4 Å². The Morgan fingerprint density at radius 2 is 0.924 bits per heavy atom.